The summed E-state index contributed by atoms with van der Waals surface area (Å²) in [6.45, 7) is 8.38. The number of aromatic nitrogens is 3. The molecule has 2 amide bonds. The molecule has 0 saturated heterocycles. The normalized spacial score (nSPS) is 11.5. The molecule has 6 nitrogen and oxygen atoms in total. The number of urea groups is 1. The summed E-state index contributed by atoms with van der Waals surface area (Å²) in [6, 6.07) is 17.3. The number of anilines is 2. The first-order chi connectivity index (χ1) is 14.3. The van der Waals surface area contributed by atoms with Gasteiger partial charge in [-0.05, 0) is 47.9 Å². The Hall–Kier alpha value is -3.67. The van der Waals surface area contributed by atoms with Crippen LogP contribution < -0.4 is 10.6 Å². The molecule has 0 saturated carbocycles. The van der Waals surface area contributed by atoms with Gasteiger partial charge in [0, 0.05) is 27.9 Å². The van der Waals surface area contributed by atoms with E-state index in [2.05, 4.69) is 47.7 Å². The minimum Gasteiger partial charge on any atom is -0.308 e. The van der Waals surface area contributed by atoms with Gasteiger partial charge in [0.25, 0.3) is 0 Å². The zero-order chi connectivity index (χ0) is 21.3. The van der Waals surface area contributed by atoms with E-state index in [4.69, 9.17) is 4.98 Å². The number of nitrogens with zero attached hydrogens (tertiary/aromatic N) is 2. The van der Waals surface area contributed by atoms with Crippen LogP contribution in [-0.2, 0) is 5.41 Å². The highest BCUT2D eigenvalue weighted by Gasteiger charge is 2.19. The van der Waals surface area contributed by atoms with Crippen molar-refractivity contribution in [3.05, 3.63) is 72.1 Å². The third-order valence-corrected chi connectivity index (χ3v) is 5.04. The van der Waals surface area contributed by atoms with E-state index in [0.717, 1.165) is 44.8 Å². The molecule has 0 radical (unpaired) electrons. The molecule has 0 fully saturated rings. The number of carbonyl (C=O) groups excluding carboxylic acids is 1. The summed E-state index contributed by atoms with van der Waals surface area (Å²) < 4.78 is 0. The lowest BCUT2D eigenvalue weighted by Gasteiger charge is -2.19. The molecule has 30 heavy (non-hydrogen) atoms. The second kappa shape index (κ2) is 7.63. The standard InChI is InChI=1S/C24H25N5O/c1-15-7-5-6-8-20(15)27-23(30)26-17-11-9-16(10-12-17)18-13-21(24(2,3)4)28-22-19(18)14-25-29-22/h5-14H,1-4H3,(H,25,28,29)(H2,26,27,30). The van der Waals surface area contributed by atoms with E-state index >= 15 is 0 Å². The highest BCUT2D eigenvalue weighted by atomic mass is 16.2. The van der Waals surface area contributed by atoms with Gasteiger partial charge in [-0.1, -0.05) is 51.1 Å². The fourth-order valence-corrected chi connectivity index (χ4v) is 3.28. The van der Waals surface area contributed by atoms with E-state index in [1.165, 1.54) is 0 Å². The number of rotatable bonds is 3. The fraction of sp³-hybridized carbons (Fsp3) is 0.208. The number of amides is 2. The smallest absolute Gasteiger partial charge is 0.308 e. The monoisotopic (exact) mass is 399 g/mol. The molecule has 0 unspecified atom stereocenters. The molecule has 0 spiro atoms. The van der Waals surface area contributed by atoms with E-state index in [1.54, 1.807) is 6.20 Å². The van der Waals surface area contributed by atoms with Crippen LogP contribution in [0, 0.1) is 6.92 Å². The van der Waals surface area contributed by atoms with Gasteiger partial charge in [0.05, 0.1) is 6.20 Å². The van der Waals surface area contributed by atoms with Gasteiger partial charge in [0.2, 0.25) is 0 Å². The van der Waals surface area contributed by atoms with Crippen molar-refractivity contribution in [2.24, 2.45) is 0 Å². The van der Waals surface area contributed by atoms with Gasteiger partial charge in [0.1, 0.15) is 0 Å². The Labute approximate surface area is 175 Å². The van der Waals surface area contributed by atoms with Gasteiger partial charge in [-0.15, -0.1) is 0 Å². The first-order valence-corrected chi connectivity index (χ1v) is 9.90. The average Bonchev–Trinajstić information content (AvgIpc) is 3.18. The van der Waals surface area contributed by atoms with Crippen LogP contribution in [-0.4, -0.2) is 21.2 Å². The largest absolute Gasteiger partial charge is 0.323 e. The maximum atomic E-state index is 12.3. The van der Waals surface area contributed by atoms with Crippen LogP contribution in [0.15, 0.2) is 60.8 Å². The number of fused-ring (bicyclic) bond motifs is 1. The van der Waals surface area contributed by atoms with Crippen molar-refractivity contribution in [3.63, 3.8) is 0 Å². The minimum atomic E-state index is -0.270. The minimum absolute atomic E-state index is 0.0802. The van der Waals surface area contributed by atoms with Crippen LogP contribution >= 0.6 is 0 Å². The van der Waals surface area contributed by atoms with Crippen molar-refractivity contribution in [3.8, 4) is 11.1 Å². The number of nitrogens with one attached hydrogen (secondary N) is 3. The molecule has 0 aliphatic heterocycles. The second-order valence-electron chi connectivity index (χ2n) is 8.41. The molecule has 0 bridgehead atoms. The third-order valence-electron chi connectivity index (χ3n) is 5.04. The molecule has 2 aromatic heterocycles. The molecule has 0 aliphatic carbocycles. The Morgan fingerprint density at radius 1 is 1.00 bits per heavy atom. The average molecular weight is 399 g/mol. The first-order valence-electron chi connectivity index (χ1n) is 9.90. The Kier molecular flexibility index (Phi) is 4.99. The van der Waals surface area contributed by atoms with Crippen LogP contribution in [0.1, 0.15) is 32.0 Å². The molecule has 2 heterocycles. The van der Waals surface area contributed by atoms with Gasteiger partial charge in [0.15, 0.2) is 5.65 Å². The summed E-state index contributed by atoms with van der Waals surface area (Å²) in [7, 11) is 0. The van der Waals surface area contributed by atoms with Gasteiger partial charge in [-0.25, -0.2) is 9.78 Å². The van der Waals surface area contributed by atoms with E-state index in [-0.39, 0.29) is 11.4 Å². The summed E-state index contributed by atoms with van der Waals surface area (Å²) >= 11 is 0. The van der Waals surface area contributed by atoms with Gasteiger partial charge in [-0.2, -0.15) is 5.10 Å². The number of benzene rings is 2. The van der Waals surface area contributed by atoms with Crippen molar-refractivity contribution in [1.29, 1.82) is 0 Å². The number of pyridine rings is 1. The van der Waals surface area contributed by atoms with Crippen molar-refractivity contribution in [2.75, 3.05) is 10.6 Å². The lowest BCUT2D eigenvalue weighted by molar-refractivity contribution is 0.262. The molecular weight excluding hydrogens is 374 g/mol. The Morgan fingerprint density at radius 3 is 2.43 bits per heavy atom. The van der Waals surface area contributed by atoms with Gasteiger partial charge < -0.3 is 10.6 Å². The molecule has 0 aliphatic rings. The summed E-state index contributed by atoms with van der Waals surface area (Å²) in [4.78, 5) is 17.1. The van der Waals surface area contributed by atoms with Crippen LogP contribution in [0.5, 0.6) is 0 Å². The summed E-state index contributed by atoms with van der Waals surface area (Å²) in [6.07, 6.45) is 1.80. The summed E-state index contributed by atoms with van der Waals surface area (Å²) in [5, 5.41) is 13.9. The maximum absolute atomic E-state index is 12.3. The van der Waals surface area contributed by atoms with Crippen LogP contribution in [0.3, 0.4) is 0 Å². The molecular formula is C24H25N5O. The van der Waals surface area contributed by atoms with Gasteiger partial charge in [-0.3, -0.25) is 5.10 Å². The van der Waals surface area contributed by atoms with Crippen LogP contribution in [0.25, 0.3) is 22.2 Å². The highest BCUT2D eigenvalue weighted by Crippen LogP contribution is 2.32. The molecule has 152 valence electrons. The van der Waals surface area contributed by atoms with Crippen LogP contribution in [0.4, 0.5) is 16.2 Å². The van der Waals surface area contributed by atoms with E-state index in [0.29, 0.717) is 0 Å². The predicted molar refractivity (Wildman–Crippen MR) is 122 cm³/mol. The zero-order valence-electron chi connectivity index (χ0n) is 17.6. The van der Waals surface area contributed by atoms with Crippen molar-refractivity contribution in [2.45, 2.75) is 33.1 Å². The number of hydrogen-bond acceptors (Lipinski definition) is 3. The zero-order valence-corrected chi connectivity index (χ0v) is 17.6. The first kappa shape index (κ1) is 19.6. The lowest BCUT2D eigenvalue weighted by atomic mass is 9.89. The number of aryl methyl sites for hydroxylation is 1. The lowest BCUT2D eigenvalue weighted by Crippen LogP contribution is -2.19. The molecule has 2 aromatic carbocycles. The maximum Gasteiger partial charge on any atom is 0.323 e. The molecule has 4 rings (SSSR count). The van der Waals surface area contributed by atoms with E-state index < -0.39 is 0 Å². The topological polar surface area (TPSA) is 82.7 Å². The summed E-state index contributed by atoms with van der Waals surface area (Å²) in [5.41, 5.74) is 6.32. The van der Waals surface area contributed by atoms with Crippen LogP contribution in [0.2, 0.25) is 0 Å². The van der Waals surface area contributed by atoms with Crippen molar-refractivity contribution in [1.82, 2.24) is 15.2 Å². The Balaban J connectivity index is 1.57. The van der Waals surface area contributed by atoms with Crippen molar-refractivity contribution >= 4 is 28.4 Å². The third kappa shape index (κ3) is 4.03. The van der Waals surface area contributed by atoms with E-state index in [9.17, 15) is 4.79 Å². The molecule has 3 N–H and O–H groups in total. The summed E-state index contributed by atoms with van der Waals surface area (Å²) in [5.74, 6) is 0. The number of H-pyrrole nitrogens is 1. The number of carbonyl (C=O) groups is 1. The molecule has 6 heteroatoms. The predicted octanol–water partition coefficient (Wildman–Crippen LogP) is 5.87. The molecule has 0 atom stereocenters. The van der Waals surface area contributed by atoms with E-state index in [1.807, 2.05) is 55.5 Å². The number of para-hydroxylation sites is 1. The Morgan fingerprint density at radius 2 is 1.73 bits per heavy atom. The van der Waals surface area contributed by atoms with Gasteiger partial charge >= 0.3 is 6.03 Å². The number of aromatic amines is 1. The van der Waals surface area contributed by atoms with Crippen molar-refractivity contribution < 1.29 is 4.79 Å². The SMILES string of the molecule is Cc1ccccc1NC(=O)Nc1ccc(-c2cc(C(C)(C)C)nc3[nH]ncc23)cc1. The quantitative estimate of drug-likeness (QED) is 0.402. The number of hydrogen-bond donors (Lipinski definition) is 3. The highest BCUT2D eigenvalue weighted by molar-refractivity contribution is 6.00. The fourth-order valence-electron chi connectivity index (χ4n) is 3.28. The second-order valence-corrected chi connectivity index (χ2v) is 8.41. The molecule has 4 aromatic rings. The Bertz CT molecular complexity index is 1200.